The Bertz CT molecular complexity index is 762. The van der Waals surface area contributed by atoms with Crippen molar-refractivity contribution in [2.45, 2.75) is 59.2 Å². The van der Waals surface area contributed by atoms with Gasteiger partial charge in [0.15, 0.2) is 11.6 Å². The molecule has 0 aromatic rings. The zero-order valence-corrected chi connectivity index (χ0v) is 16.4. The molecule has 0 N–H and O–H groups in total. The summed E-state index contributed by atoms with van der Waals surface area (Å²) in [5.41, 5.74) is 3.79. The van der Waals surface area contributed by atoms with Gasteiger partial charge in [-0.3, -0.25) is 4.79 Å². The highest BCUT2D eigenvalue weighted by molar-refractivity contribution is 5.97. The number of Topliss-reactive ketones (excluding diaryl/α,β-unsaturated/α-hetero) is 1. The number of hydrogen-bond acceptors (Lipinski definition) is 3. The molecule has 140 valence electrons. The summed E-state index contributed by atoms with van der Waals surface area (Å²) in [7, 11) is 0. The van der Waals surface area contributed by atoms with E-state index in [1.54, 1.807) is 0 Å². The molecule has 3 heteroatoms. The Balaban J connectivity index is 1.54. The van der Waals surface area contributed by atoms with E-state index in [1.165, 1.54) is 11.1 Å². The standard InChI is InChI=1S/C23H30O3/c1-14-11-15-12-17-16-7-8-23(25-9-10-26-23)21(2,3)18(16)5-6-19(17)22(15,4)13-20(14)24/h5,11-12,16-17,19H,6-10,13H2,1-4H3. The van der Waals surface area contributed by atoms with Gasteiger partial charge in [0.2, 0.25) is 0 Å². The van der Waals surface area contributed by atoms with Crippen molar-refractivity contribution < 1.29 is 14.3 Å². The van der Waals surface area contributed by atoms with Gasteiger partial charge in [-0.05, 0) is 48.7 Å². The Kier molecular flexibility index (Phi) is 3.39. The van der Waals surface area contributed by atoms with Crippen LogP contribution in [0.4, 0.5) is 0 Å². The molecular formula is C23H30O3. The summed E-state index contributed by atoms with van der Waals surface area (Å²) < 4.78 is 12.3. The van der Waals surface area contributed by atoms with Crippen molar-refractivity contribution in [3.63, 3.8) is 0 Å². The van der Waals surface area contributed by atoms with Crippen LogP contribution < -0.4 is 0 Å². The maximum Gasteiger partial charge on any atom is 0.177 e. The number of fused-ring (bicyclic) bond motifs is 5. The number of rotatable bonds is 0. The molecule has 5 rings (SSSR count). The molecule has 5 aliphatic rings. The van der Waals surface area contributed by atoms with Gasteiger partial charge in [-0.25, -0.2) is 0 Å². The first-order chi connectivity index (χ1) is 12.3. The zero-order valence-electron chi connectivity index (χ0n) is 16.4. The highest BCUT2D eigenvalue weighted by atomic mass is 16.7. The van der Waals surface area contributed by atoms with Crippen molar-refractivity contribution in [1.29, 1.82) is 0 Å². The van der Waals surface area contributed by atoms with E-state index in [-0.39, 0.29) is 10.8 Å². The van der Waals surface area contributed by atoms with E-state index in [4.69, 9.17) is 9.47 Å². The zero-order chi connectivity index (χ0) is 18.3. The Morgan fingerprint density at radius 1 is 1.15 bits per heavy atom. The molecular weight excluding hydrogens is 324 g/mol. The van der Waals surface area contributed by atoms with Crippen molar-refractivity contribution in [2.75, 3.05) is 13.2 Å². The summed E-state index contributed by atoms with van der Waals surface area (Å²) in [5, 5.41) is 0. The van der Waals surface area contributed by atoms with Crippen LogP contribution in [-0.4, -0.2) is 24.8 Å². The van der Waals surface area contributed by atoms with Crippen molar-refractivity contribution >= 4 is 5.78 Å². The van der Waals surface area contributed by atoms with Crippen LogP contribution in [0.2, 0.25) is 0 Å². The fourth-order valence-corrected chi connectivity index (χ4v) is 6.72. The van der Waals surface area contributed by atoms with Gasteiger partial charge in [0.05, 0.1) is 13.2 Å². The molecule has 0 aromatic heterocycles. The van der Waals surface area contributed by atoms with Gasteiger partial charge in [-0.15, -0.1) is 0 Å². The molecule has 0 aromatic carbocycles. The van der Waals surface area contributed by atoms with E-state index >= 15 is 0 Å². The van der Waals surface area contributed by atoms with Crippen LogP contribution in [0.5, 0.6) is 0 Å². The second-order valence-electron chi connectivity index (χ2n) is 9.77. The maximum atomic E-state index is 12.4. The first kappa shape index (κ1) is 16.9. The second kappa shape index (κ2) is 5.20. The van der Waals surface area contributed by atoms with Crippen LogP contribution >= 0.6 is 0 Å². The van der Waals surface area contributed by atoms with Crippen molar-refractivity contribution in [3.8, 4) is 0 Å². The number of carbonyl (C=O) groups excluding carboxylic acids is 1. The van der Waals surface area contributed by atoms with Crippen LogP contribution in [0.15, 0.2) is 34.9 Å². The SMILES string of the molecule is CC1=CC2=CC3C4CCC5(OCCO5)C(C)(C)C4=CCC3C2(C)CC1=O. The lowest BCUT2D eigenvalue weighted by molar-refractivity contribution is -0.235. The third kappa shape index (κ3) is 1.94. The minimum absolute atomic E-state index is 0.0168. The van der Waals surface area contributed by atoms with E-state index in [1.807, 2.05) is 6.92 Å². The topological polar surface area (TPSA) is 35.5 Å². The minimum atomic E-state index is -0.433. The van der Waals surface area contributed by atoms with Gasteiger partial charge in [0, 0.05) is 23.7 Å². The fourth-order valence-electron chi connectivity index (χ4n) is 6.72. The first-order valence-corrected chi connectivity index (χ1v) is 10.2. The van der Waals surface area contributed by atoms with E-state index in [2.05, 4.69) is 39.0 Å². The lowest BCUT2D eigenvalue weighted by Gasteiger charge is -2.54. The van der Waals surface area contributed by atoms with Crippen LogP contribution in [0.25, 0.3) is 0 Å². The molecule has 1 heterocycles. The lowest BCUT2D eigenvalue weighted by Crippen LogP contribution is -2.54. The maximum absolute atomic E-state index is 12.4. The van der Waals surface area contributed by atoms with E-state index in [0.717, 1.165) is 24.8 Å². The normalized spacial score (nSPS) is 42.5. The largest absolute Gasteiger partial charge is 0.347 e. The van der Waals surface area contributed by atoms with Gasteiger partial charge < -0.3 is 9.47 Å². The smallest absolute Gasteiger partial charge is 0.177 e. The van der Waals surface area contributed by atoms with Gasteiger partial charge in [-0.2, -0.15) is 0 Å². The lowest BCUT2D eigenvalue weighted by atomic mass is 9.54. The number of ketones is 1. The van der Waals surface area contributed by atoms with E-state index in [0.29, 0.717) is 43.2 Å². The fraction of sp³-hybridized carbons (Fsp3) is 0.696. The quantitative estimate of drug-likeness (QED) is 0.597. The Morgan fingerprint density at radius 3 is 2.62 bits per heavy atom. The average molecular weight is 354 g/mol. The Labute approximate surface area is 156 Å². The Morgan fingerprint density at radius 2 is 1.88 bits per heavy atom. The number of allylic oxidation sites excluding steroid dienone is 5. The summed E-state index contributed by atoms with van der Waals surface area (Å²) >= 11 is 0. The molecule has 26 heavy (non-hydrogen) atoms. The molecule has 0 amide bonds. The van der Waals surface area contributed by atoms with Crippen molar-refractivity contribution in [3.05, 3.63) is 34.9 Å². The number of hydrogen-bond donors (Lipinski definition) is 0. The molecule has 0 radical (unpaired) electrons. The predicted molar refractivity (Wildman–Crippen MR) is 100 cm³/mol. The van der Waals surface area contributed by atoms with Gasteiger partial charge in [0.25, 0.3) is 0 Å². The van der Waals surface area contributed by atoms with Gasteiger partial charge >= 0.3 is 0 Å². The van der Waals surface area contributed by atoms with Crippen LogP contribution in [0, 0.1) is 28.6 Å². The Hall–Kier alpha value is -1.19. The summed E-state index contributed by atoms with van der Waals surface area (Å²) in [6.45, 7) is 10.3. The predicted octanol–water partition coefficient (Wildman–Crippen LogP) is 4.59. The summed E-state index contributed by atoms with van der Waals surface area (Å²) in [6, 6.07) is 0. The molecule has 2 fully saturated rings. The van der Waals surface area contributed by atoms with Gasteiger partial charge in [0.1, 0.15) is 0 Å². The van der Waals surface area contributed by atoms with E-state index < -0.39 is 5.79 Å². The molecule has 1 aliphatic heterocycles. The van der Waals surface area contributed by atoms with Crippen LogP contribution in [-0.2, 0) is 14.3 Å². The molecule has 3 nitrogen and oxygen atoms in total. The molecule has 1 saturated carbocycles. The van der Waals surface area contributed by atoms with E-state index in [9.17, 15) is 4.79 Å². The van der Waals surface area contributed by atoms with Crippen molar-refractivity contribution in [1.82, 2.24) is 0 Å². The third-order valence-electron chi connectivity index (χ3n) is 8.32. The highest BCUT2D eigenvalue weighted by Gasteiger charge is 2.60. The monoisotopic (exact) mass is 354 g/mol. The highest BCUT2D eigenvalue weighted by Crippen LogP contribution is 2.64. The summed E-state index contributed by atoms with van der Waals surface area (Å²) in [6.07, 6.45) is 11.0. The molecule has 0 bridgehead atoms. The molecule has 4 atom stereocenters. The summed E-state index contributed by atoms with van der Waals surface area (Å²) in [4.78, 5) is 12.4. The van der Waals surface area contributed by atoms with Crippen molar-refractivity contribution in [2.24, 2.45) is 28.6 Å². The molecule has 4 aliphatic carbocycles. The summed E-state index contributed by atoms with van der Waals surface area (Å²) in [5.74, 6) is 1.55. The molecule has 4 unspecified atom stereocenters. The van der Waals surface area contributed by atoms with Crippen LogP contribution in [0.1, 0.15) is 53.4 Å². The molecule has 1 saturated heterocycles. The third-order valence-corrected chi connectivity index (χ3v) is 8.32. The minimum Gasteiger partial charge on any atom is -0.347 e. The van der Waals surface area contributed by atoms with Crippen LogP contribution in [0.3, 0.4) is 0 Å². The average Bonchev–Trinajstić information content (AvgIpc) is 3.16. The number of carbonyl (C=O) groups is 1. The number of ether oxygens (including phenoxy) is 2. The second-order valence-corrected chi connectivity index (χ2v) is 9.77. The van der Waals surface area contributed by atoms with Gasteiger partial charge in [-0.1, -0.05) is 44.6 Å². The first-order valence-electron chi connectivity index (χ1n) is 10.2. The molecule has 1 spiro atoms.